The van der Waals surface area contributed by atoms with E-state index in [-0.39, 0.29) is 30.1 Å². The first-order valence-electron chi connectivity index (χ1n) is 7.43. The van der Waals surface area contributed by atoms with Crippen LogP contribution in [0.2, 0.25) is 0 Å². The van der Waals surface area contributed by atoms with E-state index in [1.54, 1.807) is 0 Å². The number of aromatic nitrogens is 1. The molecule has 1 aromatic heterocycles. The van der Waals surface area contributed by atoms with Gasteiger partial charge in [-0.15, -0.1) is 0 Å². The normalized spacial score (nSPS) is 17.0. The minimum Gasteiger partial charge on any atom is -0.371 e. The number of nitro groups is 1. The summed E-state index contributed by atoms with van der Waals surface area (Å²) in [6.07, 6.45) is 1.09. The molecule has 1 atom stereocenters. The molecule has 128 valence electrons. The summed E-state index contributed by atoms with van der Waals surface area (Å²) in [4.78, 5) is 49.7. The molecule has 3 rings (SSSR count). The second kappa shape index (κ2) is 6.19. The molecule has 0 bridgehead atoms. The molecule has 0 aliphatic carbocycles. The molecule has 1 aromatic carbocycles. The predicted octanol–water partition coefficient (Wildman–Crippen LogP) is 1.02. The van der Waals surface area contributed by atoms with Crippen molar-refractivity contribution in [3.63, 3.8) is 0 Å². The summed E-state index contributed by atoms with van der Waals surface area (Å²) in [6, 6.07) is 4.02. The number of nitrogens with zero attached hydrogens (tertiary/aromatic N) is 1. The molecular formula is C16H14N4O5. The van der Waals surface area contributed by atoms with Gasteiger partial charge in [0.05, 0.1) is 22.2 Å². The van der Waals surface area contributed by atoms with Gasteiger partial charge in [0.2, 0.25) is 17.5 Å². The van der Waals surface area contributed by atoms with Crippen LogP contribution in [-0.2, 0) is 9.59 Å². The number of aromatic amines is 1. The molecule has 1 aliphatic heterocycles. The van der Waals surface area contributed by atoms with E-state index < -0.39 is 22.4 Å². The highest BCUT2D eigenvalue weighted by Crippen LogP contribution is 2.24. The van der Waals surface area contributed by atoms with E-state index in [1.807, 2.05) is 0 Å². The highest BCUT2D eigenvalue weighted by molar-refractivity contribution is 6.46. The maximum Gasteiger partial charge on any atom is 0.270 e. The number of hydrogen-bond donors (Lipinski definition) is 3. The highest BCUT2D eigenvalue weighted by Gasteiger charge is 2.30. The van der Waals surface area contributed by atoms with Crippen molar-refractivity contribution in [3.8, 4) is 0 Å². The number of nitrogens with one attached hydrogen (secondary N) is 3. The summed E-state index contributed by atoms with van der Waals surface area (Å²) in [6.45, 7) is 3.77. The van der Waals surface area contributed by atoms with Gasteiger partial charge in [-0.25, -0.2) is 0 Å². The fraction of sp³-hybridized carbons (Fsp3) is 0.188. The van der Waals surface area contributed by atoms with Crippen LogP contribution < -0.4 is 10.6 Å². The van der Waals surface area contributed by atoms with Crippen molar-refractivity contribution in [2.75, 3.05) is 6.54 Å². The van der Waals surface area contributed by atoms with Crippen molar-refractivity contribution < 1.29 is 19.3 Å². The topological polar surface area (TPSA) is 134 Å². The average molecular weight is 342 g/mol. The Balaban J connectivity index is 1.83. The molecule has 1 aliphatic rings. The molecule has 9 heteroatoms. The van der Waals surface area contributed by atoms with Crippen molar-refractivity contribution in [3.05, 3.63) is 52.5 Å². The lowest BCUT2D eigenvalue weighted by atomic mass is 9.95. The number of carbonyl (C=O) groups excluding carboxylic acids is 3. The zero-order valence-corrected chi connectivity index (χ0v) is 13.0. The first kappa shape index (κ1) is 16.4. The van der Waals surface area contributed by atoms with E-state index in [4.69, 9.17) is 0 Å². The third-order valence-corrected chi connectivity index (χ3v) is 4.01. The number of H-pyrrole nitrogens is 1. The summed E-state index contributed by atoms with van der Waals surface area (Å²) in [7, 11) is 0. The molecular weight excluding hydrogens is 328 g/mol. The van der Waals surface area contributed by atoms with Crippen molar-refractivity contribution in [1.82, 2.24) is 15.6 Å². The van der Waals surface area contributed by atoms with E-state index in [2.05, 4.69) is 22.2 Å². The molecule has 1 saturated heterocycles. The molecule has 9 nitrogen and oxygen atoms in total. The summed E-state index contributed by atoms with van der Waals surface area (Å²) in [5.74, 6) is -2.23. The fourth-order valence-corrected chi connectivity index (χ4v) is 2.68. The van der Waals surface area contributed by atoms with Crippen molar-refractivity contribution in [2.45, 2.75) is 6.42 Å². The van der Waals surface area contributed by atoms with Crippen molar-refractivity contribution >= 4 is 34.1 Å². The van der Waals surface area contributed by atoms with Gasteiger partial charge in [-0.3, -0.25) is 24.5 Å². The van der Waals surface area contributed by atoms with Gasteiger partial charge in [0.25, 0.3) is 5.69 Å². The Kier molecular flexibility index (Phi) is 4.05. The van der Waals surface area contributed by atoms with Gasteiger partial charge >= 0.3 is 0 Å². The minimum atomic E-state index is -0.788. The number of amides is 1. The van der Waals surface area contributed by atoms with Crippen LogP contribution in [0.1, 0.15) is 16.8 Å². The summed E-state index contributed by atoms with van der Waals surface area (Å²) in [5, 5.41) is 16.5. The largest absolute Gasteiger partial charge is 0.371 e. The standard InChI is InChI=1S/C16H14N4O5/c1-8-17-6-9(16(23)19-8)4-14(21)15(22)12-7-18-13-3-2-10(20(24)25)5-11(12)13/h2-3,5,7,9,17-18H,1,4,6H2,(H,19,23). The molecule has 1 amide bonds. The molecule has 2 heterocycles. The average Bonchev–Trinajstić information content (AvgIpc) is 2.99. The number of nitro benzene ring substituents is 1. The predicted molar refractivity (Wildman–Crippen MR) is 87.7 cm³/mol. The van der Waals surface area contributed by atoms with Gasteiger partial charge < -0.3 is 15.6 Å². The number of carbonyl (C=O) groups is 3. The Morgan fingerprint density at radius 2 is 2.12 bits per heavy atom. The van der Waals surface area contributed by atoms with Crippen LogP contribution in [0.25, 0.3) is 10.9 Å². The number of non-ortho nitro benzene ring substituents is 1. The van der Waals surface area contributed by atoms with Crippen LogP contribution in [0.5, 0.6) is 0 Å². The Labute approximate surface area is 141 Å². The zero-order chi connectivity index (χ0) is 18.1. The fourth-order valence-electron chi connectivity index (χ4n) is 2.68. The van der Waals surface area contributed by atoms with E-state index >= 15 is 0 Å². The van der Waals surface area contributed by atoms with Crippen LogP contribution in [-0.4, -0.2) is 33.9 Å². The Hall–Kier alpha value is -3.49. The third-order valence-electron chi connectivity index (χ3n) is 4.01. The number of benzene rings is 1. The van der Waals surface area contributed by atoms with E-state index in [1.165, 1.54) is 24.4 Å². The van der Waals surface area contributed by atoms with Crippen LogP contribution >= 0.6 is 0 Å². The Morgan fingerprint density at radius 3 is 2.80 bits per heavy atom. The maximum atomic E-state index is 12.4. The number of fused-ring (bicyclic) bond motifs is 1. The highest BCUT2D eigenvalue weighted by atomic mass is 16.6. The van der Waals surface area contributed by atoms with E-state index in [9.17, 15) is 24.5 Å². The molecule has 1 unspecified atom stereocenters. The van der Waals surface area contributed by atoms with Crippen LogP contribution in [0, 0.1) is 16.0 Å². The van der Waals surface area contributed by atoms with Gasteiger partial charge in [0.15, 0.2) is 0 Å². The second-order valence-electron chi connectivity index (χ2n) is 5.69. The van der Waals surface area contributed by atoms with Gasteiger partial charge in [-0.05, 0) is 6.07 Å². The lowest BCUT2D eigenvalue weighted by Gasteiger charge is -2.24. The van der Waals surface area contributed by atoms with Gasteiger partial charge in [0, 0.05) is 42.2 Å². The summed E-state index contributed by atoms with van der Waals surface area (Å²) in [5.41, 5.74) is 0.385. The third kappa shape index (κ3) is 3.11. The zero-order valence-electron chi connectivity index (χ0n) is 13.0. The molecule has 2 aromatic rings. The monoisotopic (exact) mass is 342 g/mol. The minimum absolute atomic E-state index is 0.0530. The number of ketones is 2. The first-order chi connectivity index (χ1) is 11.9. The van der Waals surface area contributed by atoms with Crippen LogP contribution in [0.3, 0.4) is 0 Å². The molecule has 25 heavy (non-hydrogen) atoms. The SMILES string of the molecule is C=C1NCC(CC(=O)C(=O)c2c[nH]c3ccc([N+](=O)[O-])cc23)C(=O)N1. The molecule has 0 radical (unpaired) electrons. The lowest BCUT2D eigenvalue weighted by Crippen LogP contribution is -2.47. The Morgan fingerprint density at radius 1 is 1.36 bits per heavy atom. The maximum absolute atomic E-state index is 12.4. The van der Waals surface area contributed by atoms with Crippen LogP contribution in [0.15, 0.2) is 36.8 Å². The van der Waals surface area contributed by atoms with Gasteiger partial charge in [0.1, 0.15) is 0 Å². The molecule has 3 N–H and O–H groups in total. The second-order valence-corrected chi connectivity index (χ2v) is 5.69. The number of rotatable bonds is 5. The van der Waals surface area contributed by atoms with E-state index in [0.717, 1.165) is 0 Å². The smallest absolute Gasteiger partial charge is 0.270 e. The Bertz CT molecular complexity index is 930. The van der Waals surface area contributed by atoms with Gasteiger partial charge in [-0.2, -0.15) is 0 Å². The quantitative estimate of drug-likeness (QED) is 0.321. The number of Topliss-reactive ketones (excluding diaryl/α,β-unsaturated/α-hetero) is 2. The first-order valence-corrected chi connectivity index (χ1v) is 7.43. The van der Waals surface area contributed by atoms with Crippen LogP contribution in [0.4, 0.5) is 5.69 Å². The lowest BCUT2D eigenvalue weighted by molar-refractivity contribution is -0.384. The van der Waals surface area contributed by atoms with Crippen molar-refractivity contribution in [1.29, 1.82) is 0 Å². The van der Waals surface area contributed by atoms with Crippen molar-refractivity contribution in [2.24, 2.45) is 5.92 Å². The molecule has 0 saturated carbocycles. The summed E-state index contributed by atoms with van der Waals surface area (Å²) >= 11 is 0. The van der Waals surface area contributed by atoms with Gasteiger partial charge in [-0.1, -0.05) is 6.58 Å². The summed E-state index contributed by atoms with van der Waals surface area (Å²) < 4.78 is 0. The molecule has 1 fully saturated rings. The molecule has 0 spiro atoms. The van der Waals surface area contributed by atoms with E-state index in [0.29, 0.717) is 16.7 Å². The number of hydrogen-bond acceptors (Lipinski definition) is 6.